The van der Waals surface area contributed by atoms with E-state index in [1.54, 1.807) is 19.2 Å². The molecule has 0 atom stereocenters. The molecule has 0 saturated carbocycles. The van der Waals surface area contributed by atoms with Gasteiger partial charge in [0.15, 0.2) is 0 Å². The molecule has 1 amide bonds. The largest absolute Gasteiger partial charge is 0.497 e. The Bertz CT molecular complexity index is 837. The van der Waals surface area contributed by atoms with Gasteiger partial charge in [0.1, 0.15) is 11.6 Å². The van der Waals surface area contributed by atoms with Crippen LogP contribution in [0.25, 0.3) is 0 Å². The monoisotopic (exact) mass is 367 g/mol. The minimum absolute atomic E-state index is 0.116. The van der Waals surface area contributed by atoms with Crippen molar-refractivity contribution >= 4 is 11.6 Å². The molecule has 0 spiro atoms. The molecule has 0 N–H and O–H groups in total. The van der Waals surface area contributed by atoms with Crippen molar-refractivity contribution in [3.63, 3.8) is 0 Å². The molecule has 0 radical (unpaired) electrons. The minimum atomic E-state index is -0.395. The highest BCUT2D eigenvalue weighted by Crippen LogP contribution is 2.22. The van der Waals surface area contributed by atoms with Crippen LogP contribution in [0.1, 0.15) is 17.5 Å². The molecule has 6 heteroatoms. The van der Waals surface area contributed by atoms with E-state index in [1.807, 2.05) is 40.1 Å². The zero-order chi connectivity index (χ0) is 19.2. The number of methoxy groups -OCH3 is 1. The first-order chi connectivity index (χ1) is 13.1. The Morgan fingerprint density at radius 2 is 1.85 bits per heavy atom. The van der Waals surface area contributed by atoms with E-state index in [0.717, 1.165) is 11.3 Å². The number of nitriles is 1. The zero-order valence-corrected chi connectivity index (χ0v) is 15.3. The van der Waals surface area contributed by atoms with Gasteiger partial charge in [-0.1, -0.05) is 12.1 Å². The number of rotatable bonds is 5. The molecule has 0 aliphatic carbocycles. The number of nitrogens with zero attached hydrogens (tertiary/aromatic N) is 3. The molecule has 140 valence electrons. The Morgan fingerprint density at radius 1 is 1.15 bits per heavy atom. The van der Waals surface area contributed by atoms with Gasteiger partial charge in [0.25, 0.3) is 0 Å². The van der Waals surface area contributed by atoms with Gasteiger partial charge in [-0.2, -0.15) is 5.26 Å². The van der Waals surface area contributed by atoms with Gasteiger partial charge in [0.05, 0.1) is 24.4 Å². The van der Waals surface area contributed by atoms with Crippen LogP contribution in [0.4, 0.5) is 10.1 Å². The molecule has 1 saturated heterocycles. The molecule has 0 aromatic heterocycles. The van der Waals surface area contributed by atoms with Gasteiger partial charge in [-0.25, -0.2) is 4.39 Å². The predicted octanol–water partition coefficient (Wildman–Crippen LogP) is 2.99. The van der Waals surface area contributed by atoms with Gasteiger partial charge in [-0.05, 0) is 42.3 Å². The molecule has 1 fully saturated rings. The number of hydrogen-bond acceptors (Lipinski definition) is 4. The van der Waals surface area contributed by atoms with E-state index in [9.17, 15) is 9.18 Å². The third kappa shape index (κ3) is 4.56. The van der Waals surface area contributed by atoms with Crippen molar-refractivity contribution in [1.29, 1.82) is 5.26 Å². The molecular formula is C21H22FN3O2. The molecule has 1 heterocycles. The van der Waals surface area contributed by atoms with Crippen LogP contribution in [0.5, 0.6) is 5.75 Å². The number of halogens is 1. The lowest BCUT2D eigenvalue weighted by molar-refractivity contribution is -0.131. The lowest BCUT2D eigenvalue weighted by atomic mass is 10.1. The second-order valence-electron chi connectivity index (χ2n) is 6.49. The standard InChI is InChI=1S/C21H22FN3O2/c1-27-18-6-2-16(3-7-18)5-9-21(26)25-12-10-24(11-13-25)20-8-4-17(15-23)14-19(20)22/h2-4,6-8,14H,5,9-13H2,1H3. The van der Waals surface area contributed by atoms with Crippen molar-refractivity contribution in [2.75, 3.05) is 38.2 Å². The number of piperazine rings is 1. The van der Waals surface area contributed by atoms with Gasteiger partial charge >= 0.3 is 0 Å². The Morgan fingerprint density at radius 3 is 2.44 bits per heavy atom. The Kier molecular flexibility index (Phi) is 5.92. The van der Waals surface area contributed by atoms with Crippen LogP contribution in [-0.4, -0.2) is 44.1 Å². The molecule has 3 rings (SSSR count). The lowest BCUT2D eigenvalue weighted by Crippen LogP contribution is -2.49. The fourth-order valence-corrected chi connectivity index (χ4v) is 3.23. The molecule has 0 unspecified atom stereocenters. The normalized spacial score (nSPS) is 14.0. The molecule has 5 nitrogen and oxygen atoms in total. The number of benzene rings is 2. The Hall–Kier alpha value is -3.07. The lowest BCUT2D eigenvalue weighted by Gasteiger charge is -2.36. The topological polar surface area (TPSA) is 56.6 Å². The van der Waals surface area contributed by atoms with Crippen molar-refractivity contribution in [1.82, 2.24) is 4.90 Å². The molecule has 0 bridgehead atoms. The fourth-order valence-electron chi connectivity index (χ4n) is 3.23. The van der Waals surface area contributed by atoms with Gasteiger partial charge in [0, 0.05) is 32.6 Å². The second-order valence-corrected chi connectivity index (χ2v) is 6.49. The average molecular weight is 367 g/mol. The van der Waals surface area contributed by atoms with Crippen LogP contribution in [0, 0.1) is 17.1 Å². The molecule has 27 heavy (non-hydrogen) atoms. The average Bonchev–Trinajstić information content (AvgIpc) is 2.72. The minimum Gasteiger partial charge on any atom is -0.497 e. The SMILES string of the molecule is COc1ccc(CCC(=O)N2CCN(c3ccc(C#N)cc3F)CC2)cc1. The molecule has 1 aliphatic rings. The van der Waals surface area contributed by atoms with E-state index < -0.39 is 5.82 Å². The number of carbonyl (C=O) groups is 1. The zero-order valence-electron chi connectivity index (χ0n) is 15.3. The summed E-state index contributed by atoms with van der Waals surface area (Å²) >= 11 is 0. The quantitative estimate of drug-likeness (QED) is 0.815. The Balaban J connectivity index is 1.51. The number of carbonyl (C=O) groups excluding carboxylic acids is 1. The summed E-state index contributed by atoms with van der Waals surface area (Å²) in [7, 11) is 1.63. The summed E-state index contributed by atoms with van der Waals surface area (Å²) in [5, 5.41) is 8.84. The summed E-state index contributed by atoms with van der Waals surface area (Å²) in [5.74, 6) is 0.523. The summed E-state index contributed by atoms with van der Waals surface area (Å²) in [6.45, 7) is 2.30. The smallest absolute Gasteiger partial charge is 0.223 e. The highest BCUT2D eigenvalue weighted by atomic mass is 19.1. The number of amides is 1. The van der Waals surface area contributed by atoms with Crippen LogP contribution >= 0.6 is 0 Å². The summed E-state index contributed by atoms with van der Waals surface area (Å²) in [6.07, 6.45) is 1.14. The Labute approximate surface area is 158 Å². The van der Waals surface area contributed by atoms with Crippen LogP contribution < -0.4 is 9.64 Å². The van der Waals surface area contributed by atoms with Crippen LogP contribution in [-0.2, 0) is 11.2 Å². The van der Waals surface area contributed by atoms with Crippen molar-refractivity contribution in [3.8, 4) is 11.8 Å². The van der Waals surface area contributed by atoms with Crippen molar-refractivity contribution < 1.29 is 13.9 Å². The third-order valence-electron chi connectivity index (χ3n) is 4.84. The predicted molar refractivity (Wildman–Crippen MR) is 101 cm³/mol. The van der Waals surface area contributed by atoms with E-state index in [-0.39, 0.29) is 5.91 Å². The van der Waals surface area contributed by atoms with E-state index >= 15 is 0 Å². The first-order valence-corrected chi connectivity index (χ1v) is 8.96. The van der Waals surface area contributed by atoms with Gasteiger partial charge in [-0.15, -0.1) is 0 Å². The molecule has 2 aromatic rings. The molecule has 2 aromatic carbocycles. The maximum Gasteiger partial charge on any atom is 0.223 e. The fraction of sp³-hybridized carbons (Fsp3) is 0.333. The van der Waals surface area contributed by atoms with Crippen LogP contribution in [0.15, 0.2) is 42.5 Å². The van der Waals surface area contributed by atoms with E-state index in [2.05, 4.69) is 0 Å². The maximum absolute atomic E-state index is 14.2. The van der Waals surface area contributed by atoms with Gasteiger partial charge < -0.3 is 14.5 Å². The highest BCUT2D eigenvalue weighted by Gasteiger charge is 2.22. The van der Waals surface area contributed by atoms with Crippen molar-refractivity contribution in [3.05, 3.63) is 59.4 Å². The summed E-state index contributed by atoms with van der Waals surface area (Å²) in [5.41, 5.74) is 1.89. The van der Waals surface area contributed by atoms with E-state index in [1.165, 1.54) is 6.07 Å². The molecule has 1 aliphatic heterocycles. The molecular weight excluding hydrogens is 345 g/mol. The number of anilines is 1. The van der Waals surface area contributed by atoms with Crippen LogP contribution in [0.3, 0.4) is 0 Å². The second kappa shape index (κ2) is 8.54. The first-order valence-electron chi connectivity index (χ1n) is 8.96. The van der Waals surface area contributed by atoms with Crippen molar-refractivity contribution in [2.24, 2.45) is 0 Å². The summed E-state index contributed by atoms with van der Waals surface area (Å²) in [4.78, 5) is 16.2. The number of aryl methyl sites for hydroxylation is 1. The number of hydrogen-bond donors (Lipinski definition) is 0. The van der Waals surface area contributed by atoms with Crippen LogP contribution in [0.2, 0.25) is 0 Å². The summed E-state index contributed by atoms with van der Waals surface area (Å²) < 4.78 is 19.3. The third-order valence-corrected chi connectivity index (χ3v) is 4.84. The summed E-state index contributed by atoms with van der Waals surface area (Å²) in [6, 6.07) is 14.2. The first kappa shape index (κ1) is 18.7. The van der Waals surface area contributed by atoms with Gasteiger partial charge in [0.2, 0.25) is 5.91 Å². The van der Waals surface area contributed by atoms with E-state index in [0.29, 0.717) is 50.3 Å². The van der Waals surface area contributed by atoms with E-state index in [4.69, 9.17) is 10.00 Å². The number of ether oxygens (including phenoxy) is 1. The highest BCUT2D eigenvalue weighted by molar-refractivity contribution is 5.76. The van der Waals surface area contributed by atoms with Gasteiger partial charge in [-0.3, -0.25) is 4.79 Å². The van der Waals surface area contributed by atoms with Crippen molar-refractivity contribution in [2.45, 2.75) is 12.8 Å². The maximum atomic E-state index is 14.2.